The Hall–Kier alpha value is -2.68. The minimum atomic E-state index is 0.676. The fourth-order valence-electron chi connectivity index (χ4n) is 12.9. The summed E-state index contributed by atoms with van der Waals surface area (Å²) < 4.78 is 2.61. The molecule has 0 aliphatic heterocycles. The van der Waals surface area contributed by atoms with E-state index in [1.165, 1.54) is 103 Å². The van der Waals surface area contributed by atoms with Crippen LogP contribution in [-0.2, 0) is 0 Å². The second-order valence-electron chi connectivity index (χ2n) is 15.1. The van der Waals surface area contributed by atoms with Gasteiger partial charge in [0, 0.05) is 44.8 Å². The van der Waals surface area contributed by atoms with Crippen molar-refractivity contribution in [2.45, 2.75) is 87.9 Å². The molecule has 5 aromatic rings. The van der Waals surface area contributed by atoms with Crippen LogP contribution in [0.15, 0.2) is 30.6 Å². The molecule has 13 rings (SSSR count). The van der Waals surface area contributed by atoms with Crippen molar-refractivity contribution < 1.29 is 0 Å². The Morgan fingerprint density at radius 3 is 1.97 bits per heavy atom. The number of pyridine rings is 2. The minimum Gasteiger partial charge on any atom is -0.305 e. The van der Waals surface area contributed by atoms with Gasteiger partial charge in [-0.05, 0) is 116 Å². The first kappa shape index (κ1) is 19.4. The van der Waals surface area contributed by atoms with Gasteiger partial charge in [-0.25, -0.2) is 0 Å². The van der Waals surface area contributed by atoms with Gasteiger partial charge in [-0.15, -0.1) is 0 Å². The Labute approximate surface area is 222 Å². The van der Waals surface area contributed by atoms with Crippen LogP contribution < -0.4 is 0 Å². The summed E-state index contributed by atoms with van der Waals surface area (Å²) in [6, 6.07) is 7.25. The molecular formula is C35H33N3. The number of hydrogen-bond donors (Lipinski definition) is 0. The van der Waals surface area contributed by atoms with Gasteiger partial charge >= 0.3 is 0 Å². The molecule has 8 aliphatic rings. The normalized spacial score (nSPS) is 41.3. The van der Waals surface area contributed by atoms with E-state index >= 15 is 0 Å². The highest BCUT2D eigenvalue weighted by Gasteiger charge is 2.66. The molecule has 3 heteroatoms. The zero-order chi connectivity index (χ0) is 24.1. The summed E-state index contributed by atoms with van der Waals surface area (Å²) in [6.07, 6.45) is 18.8. The fourth-order valence-corrected chi connectivity index (χ4v) is 12.9. The molecule has 0 saturated heterocycles. The summed E-state index contributed by atoms with van der Waals surface area (Å²) in [5, 5.41) is 6.08. The number of rotatable bonds is 0. The van der Waals surface area contributed by atoms with E-state index < -0.39 is 0 Å². The monoisotopic (exact) mass is 495 g/mol. The van der Waals surface area contributed by atoms with Crippen molar-refractivity contribution in [1.29, 1.82) is 0 Å². The molecule has 4 heterocycles. The van der Waals surface area contributed by atoms with E-state index in [4.69, 9.17) is 9.97 Å². The zero-order valence-corrected chi connectivity index (χ0v) is 21.9. The van der Waals surface area contributed by atoms with Gasteiger partial charge < -0.3 is 4.40 Å². The van der Waals surface area contributed by atoms with E-state index in [0.29, 0.717) is 23.2 Å². The lowest BCUT2D eigenvalue weighted by Gasteiger charge is -2.48. The standard InChI is InChI=1S/C35H33N3/c1-2-24-30-26(14-36-32-19-7-16-4-17(8-19)6-18(5-16)28(30)32)38-27-15-37-33-21-10-23-11-22-9-20(12-35(22,23)13-21)29(33)31(27)25(3-1)34(24)38/h1-3,14-23H,4-13H2. The van der Waals surface area contributed by atoms with E-state index in [2.05, 4.69) is 35.0 Å². The van der Waals surface area contributed by atoms with E-state index in [1.807, 2.05) is 0 Å². The summed E-state index contributed by atoms with van der Waals surface area (Å²) in [7, 11) is 0. The van der Waals surface area contributed by atoms with E-state index in [9.17, 15) is 0 Å². The van der Waals surface area contributed by atoms with Crippen molar-refractivity contribution in [2.24, 2.45) is 29.1 Å². The van der Waals surface area contributed by atoms with Gasteiger partial charge in [0.25, 0.3) is 0 Å². The predicted molar refractivity (Wildman–Crippen MR) is 150 cm³/mol. The van der Waals surface area contributed by atoms with Crippen LogP contribution in [0.4, 0.5) is 0 Å². The van der Waals surface area contributed by atoms with Crippen molar-refractivity contribution in [2.75, 3.05) is 0 Å². The maximum absolute atomic E-state index is 5.38. The maximum Gasteiger partial charge on any atom is 0.0728 e. The van der Waals surface area contributed by atoms with E-state index in [1.54, 1.807) is 21.9 Å². The Balaban J connectivity index is 1.21. The highest BCUT2D eigenvalue weighted by molar-refractivity contribution is 6.24. The van der Waals surface area contributed by atoms with Crippen LogP contribution in [0.25, 0.3) is 38.1 Å². The molecule has 188 valence electrons. The molecule has 8 aliphatic carbocycles. The number of fused-ring (bicyclic) bond motifs is 12. The molecule has 0 radical (unpaired) electrons. The predicted octanol–water partition coefficient (Wildman–Crippen LogP) is 8.41. The highest BCUT2D eigenvalue weighted by Crippen LogP contribution is 2.76. The second kappa shape index (κ2) is 5.91. The van der Waals surface area contributed by atoms with Crippen LogP contribution in [0.5, 0.6) is 0 Å². The third-order valence-electron chi connectivity index (χ3n) is 13.8. The van der Waals surface area contributed by atoms with Crippen molar-refractivity contribution in [3.05, 3.63) is 53.1 Å². The molecule has 7 bridgehead atoms. The highest BCUT2D eigenvalue weighted by atomic mass is 14.9. The zero-order valence-electron chi connectivity index (χ0n) is 21.9. The summed E-state index contributed by atoms with van der Waals surface area (Å²) in [5.74, 6) is 6.67. The van der Waals surface area contributed by atoms with Crippen LogP contribution in [-0.4, -0.2) is 14.4 Å². The molecule has 0 N–H and O–H groups in total. The lowest BCUT2D eigenvalue weighted by Crippen LogP contribution is -2.41. The van der Waals surface area contributed by atoms with Crippen LogP contribution >= 0.6 is 0 Å². The molecule has 38 heavy (non-hydrogen) atoms. The molecule has 5 saturated carbocycles. The molecule has 3 nitrogen and oxygen atoms in total. The van der Waals surface area contributed by atoms with Crippen molar-refractivity contribution in [3.8, 4) is 0 Å². The molecule has 1 aromatic carbocycles. The van der Waals surface area contributed by atoms with Crippen molar-refractivity contribution in [3.63, 3.8) is 0 Å². The number of nitrogens with zero attached hydrogens (tertiary/aromatic N) is 3. The van der Waals surface area contributed by atoms with Gasteiger partial charge in [0.2, 0.25) is 0 Å². The Bertz CT molecular complexity index is 1900. The fraction of sp³-hybridized carbons (Fsp3) is 0.543. The Morgan fingerprint density at radius 1 is 0.632 bits per heavy atom. The third-order valence-corrected chi connectivity index (χ3v) is 13.8. The molecule has 5 fully saturated rings. The van der Waals surface area contributed by atoms with Gasteiger partial charge in [0.1, 0.15) is 0 Å². The second-order valence-corrected chi connectivity index (χ2v) is 15.1. The number of benzene rings is 1. The summed E-state index contributed by atoms with van der Waals surface area (Å²) >= 11 is 0. The Morgan fingerprint density at radius 2 is 1.24 bits per heavy atom. The lowest BCUT2D eigenvalue weighted by atomic mass is 9.56. The van der Waals surface area contributed by atoms with Gasteiger partial charge in [0.05, 0.1) is 28.9 Å². The first-order chi connectivity index (χ1) is 18.7. The van der Waals surface area contributed by atoms with Crippen molar-refractivity contribution in [1.82, 2.24) is 14.4 Å². The third kappa shape index (κ3) is 1.90. The summed E-state index contributed by atoms with van der Waals surface area (Å²) in [5.41, 5.74) is 11.1. The van der Waals surface area contributed by atoms with Crippen LogP contribution in [0.3, 0.4) is 0 Å². The van der Waals surface area contributed by atoms with Gasteiger partial charge in [-0.2, -0.15) is 0 Å². The van der Waals surface area contributed by atoms with Gasteiger partial charge in [0.15, 0.2) is 0 Å². The summed E-state index contributed by atoms with van der Waals surface area (Å²) in [6.45, 7) is 0. The van der Waals surface area contributed by atoms with Gasteiger partial charge in [-0.3, -0.25) is 9.97 Å². The Kier molecular flexibility index (Phi) is 3.01. The van der Waals surface area contributed by atoms with Crippen LogP contribution in [0, 0.1) is 29.1 Å². The first-order valence-electron chi connectivity index (χ1n) is 15.7. The van der Waals surface area contributed by atoms with E-state index in [0.717, 1.165) is 29.6 Å². The SMILES string of the molecule is c1cc2c3c4c(ncc3n3c5cnc6c(c5c(c1)c23)C1CC2CC3CC6CC32C1)C1CC2CC(C1)CC4C2. The molecule has 7 unspecified atom stereocenters. The summed E-state index contributed by atoms with van der Waals surface area (Å²) in [4.78, 5) is 10.7. The van der Waals surface area contributed by atoms with Gasteiger partial charge in [-0.1, -0.05) is 18.2 Å². The lowest BCUT2D eigenvalue weighted by molar-refractivity contribution is 0.00321. The first-order valence-corrected chi connectivity index (χ1v) is 15.7. The number of hydrogen-bond acceptors (Lipinski definition) is 2. The largest absolute Gasteiger partial charge is 0.305 e. The number of aromatic nitrogens is 3. The van der Waals surface area contributed by atoms with Crippen LogP contribution in [0.1, 0.15) is 110 Å². The average molecular weight is 496 g/mol. The molecule has 7 atom stereocenters. The average Bonchev–Trinajstić information content (AvgIpc) is 3.57. The van der Waals surface area contributed by atoms with Crippen molar-refractivity contribution >= 4 is 38.1 Å². The quantitative estimate of drug-likeness (QED) is 0.216. The molecule has 4 aromatic heterocycles. The molecule has 1 spiro atoms. The molecular weight excluding hydrogens is 462 g/mol. The minimum absolute atomic E-state index is 0.676. The maximum atomic E-state index is 5.38. The smallest absolute Gasteiger partial charge is 0.0728 e. The topological polar surface area (TPSA) is 30.2 Å². The van der Waals surface area contributed by atoms with E-state index in [-0.39, 0.29) is 0 Å². The number of para-hydroxylation sites is 1. The molecule has 0 amide bonds. The van der Waals surface area contributed by atoms with Crippen LogP contribution in [0.2, 0.25) is 0 Å².